The first-order valence-electron chi connectivity index (χ1n) is 43.2. The fourth-order valence-corrected chi connectivity index (χ4v) is 20.1. The summed E-state index contributed by atoms with van der Waals surface area (Å²) in [4.78, 5) is 143. The van der Waals surface area contributed by atoms with Gasteiger partial charge in [-0.15, -0.1) is 0 Å². The number of carboxylic acid groups (broad SMARTS) is 1. The number of primary amides is 1. The second-order valence-corrected chi connectivity index (χ2v) is 37.5. The molecule has 0 saturated carbocycles. The first kappa shape index (κ1) is 107. The van der Waals surface area contributed by atoms with Gasteiger partial charge in [0.25, 0.3) is 0 Å². The van der Waals surface area contributed by atoms with Gasteiger partial charge in [-0.05, 0) is 157 Å². The summed E-state index contributed by atoms with van der Waals surface area (Å²) in [7, 11) is 7.77. The minimum Gasteiger partial charge on any atom is -0.492 e. The molecule has 3 aromatic rings. The molecule has 22 atom stereocenters. The lowest BCUT2D eigenvalue weighted by molar-refractivity contribution is -0.337. The summed E-state index contributed by atoms with van der Waals surface area (Å²) < 4.78 is 74.8. The number of aromatic carboxylic acids is 1. The van der Waals surface area contributed by atoms with E-state index in [1.54, 1.807) is 97.0 Å². The Morgan fingerprint density at radius 3 is 2.13 bits per heavy atom. The molecular weight excluding hydrogens is 1880 g/mol. The lowest BCUT2D eigenvalue weighted by atomic mass is 9.72. The molecular formula is C91H120IN7O29S3. The van der Waals surface area contributed by atoms with Crippen LogP contribution in [-0.2, 0) is 82.8 Å². The second kappa shape index (κ2) is 50.4. The highest BCUT2D eigenvalue weighted by molar-refractivity contribution is 14.1. The van der Waals surface area contributed by atoms with Gasteiger partial charge in [0.1, 0.15) is 54.8 Å². The maximum absolute atomic E-state index is 14.7. The van der Waals surface area contributed by atoms with E-state index in [1.807, 2.05) is 22.6 Å². The number of ether oxygens (including phenoxy) is 12. The van der Waals surface area contributed by atoms with E-state index in [-0.39, 0.29) is 127 Å². The van der Waals surface area contributed by atoms with Crippen LogP contribution in [0.5, 0.6) is 17.2 Å². The molecule has 4 saturated heterocycles. The first-order chi connectivity index (χ1) is 62.4. The molecule has 718 valence electrons. The number of hydroxylamine groups is 1. The molecule has 5 amide bonds. The molecule has 2 bridgehead atoms. The lowest BCUT2D eigenvalue weighted by Crippen LogP contribution is -2.65. The summed E-state index contributed by atoms with van der Waals surface area (Å²) in [5.74, 6) is 5.84. The van der Waals surface area contributed by atoms with Crippen molar-refractivity contribution in [2.75, 3.05) is 65.7 Å². The Kier molecular flexibility index (Phi) is 41.0. The van der Waals surface area contributed by atoms with Gasteiger partial charge in [-0.25, -0.2) is 14.4 Å². The van der Waals surface area contributed by atoms with Gasteiger partial charge in [0, 0.05) is 104 Å². The number of unbranched alkanes of at least 4 members (excludes halogenated alkanes) is 1. The number of benzene rings is 3. The number of likely N-dealkylation sites (N-methyl/N-ethyl adjacent to an activating group) is 1. The largest absolute Gasteiger partial charge is 0.492 e. The summed E-state index contributed by atoms with van der Waals surface area (Å²) >= 11 is 2.75. The number of thioether (sulfide) groups is 1. The molecule has 40 heteroatoms. The average molecular weight is 2000 g/mol. The summed E-state index contributed by atoms with van der Waals surface area (Å²) in [5, 5.41) is 76.3. The molecule has 0 aromatic heterocycles. The van der Waals surface area contributed by atoms with E-state index in [9.17, 15) is 78.6 Å². The Balaban J connectivity index is 0.931. The standard InChI is InChI=1S/C91H120IN7O29S3/c1-14-99(90(114)121-44-53-29-31-56(32-30-53)96-83(108)55(25-23-36-95-89(94)113)40-61(102)72(46(2)3)97-84(109)54(38-47(4)100)24-20-22-35-93)60-45-120-67(42-65(60)116-10)126-80-75(106)73(98-128-68-41-62(103)82(52(9)122-68)130-86(112)69-49(6)71(92)78(81(119-13)77(69)117-11)127-87-76(107)79(118-12)74(105)51(8)124-87)50(7)123-88(80)125-64-27-17-15-16-21-34-91(115)43-63(104)58(39-48(5)101)70(64)59(91)33-37-129-131-66-28-19-18-26-57(66)85(110)111/h15-16,18-19,26,28-33,46,50-52,54-55,60,62,64-65,67-68,72-76,79-80,82,87-88,98,103,105-107,115H,14,20,22-25,35-45,93H2,1-13H3,(H,96,108)(H,97,109)(H,110,111)(H3,94,95,113)/b16-15-,59-33+/t50-,51+,52-,54-,55-,60+,62+,64+,65+,67+,68+,72+,73-,74+,75+,76-,79-,80-,82-,87+,88+,91+/m1/s1. The van der Waals surface area contributed by atoms with Crippen molar-refractivity contribution in [3.05, 3.63) is 109 Å². The Hall–Kier alpha value is -8.16. The number of Topliss-reactive ketones (excluding diaryl/α,β-unsaturated/α-hetero) is 4. The number of hydrogen-bond donors (Lipinski definition) is 12. The summed E-state index contributed by atoms with van der Waals surface area (Å²) in [6, 6.07) is 8.96. The van der Waals surface area contributed by atoms with Gasteiger partial charge in [-0.2, -0.15) is 5.48 Å². The summed E-state index contributed by atoms with van der Waals surface area (Å²) in [6.07, 6.45) is -15.3. The number of halogens is 1. The number of methoxy groups -OCH3 is 4. The molecule has 4 heterocycles. The van der Waals surface area contributed by atoms with Crippen molar-refractivity contribution in [3.63, 3.8) is 0 Å². The number of amides is 5. The number of carbonyl (C=O) groups is 10. The van der Waals surface area contributed by atoms with E-state index in [0.29, 0.717) is 51.1 Å². The van der Waals surface area contributed by atoms with Crippen LogP contribution in [0.4, 0.5) is 15.3 Å². The van der Waals surface area contributed by atoms with Crippen LogP contribution >= 0.6 is 55.9 Å². The Bertz CT molecular complexity index is 4760. The number of nitrogens with zero attached hydrogens (tertiary/aromatic N) is 1. The number of ketones is 4. The summed E-state index contributed by atoms with van der Waals surface area (Å²) in [5.41, 5.74) is 13.0. The van der Waals surface area contributed by atoms with Gasteiger partial charge in [-0.3, -0.25) is 33.6 Å². The molecule has 0 spiro atoms. The second-order valence-electron chi connectivity index (χ2n) is 32.9. The predicted molar refractivity (Wildman–Crippen MR) is 490 cm³/mol. The lowest BCUT2D eigenvalue weighted by Gasteiger charge is -2.47. The third kappa shape index (κ3) is 28.0. The Morgan fingerprint density at radius 1 is 0.786 bits per heavy atom. The maximum atomic E-state index is 14.7. The zero-order chi connectivity index (χ0) is 95.8. The number of urea groups is 1. The van der Waals surface area contributed by atoms with Gasteiger partial charge in [0.05, 0.1) is 95.8 Å². The molecule has 14 N–H and O–H groups in total. The Labute approximate surface area is 787 Å². The van der Waals surface area contributed by atoms with Crippen molar-refractivity contribution in [1.29, 1.82) is 0 Å². The van der Waals surface area contributed by atoms with E-state index in [4.69, 9.17) is 73.1 Å². The number of carbonyl (C=O) groups excluding carboxylic acids is 9. The maximum Gasteiger partial charge on any atom is 0.410 e. The van der Waals surface area contributed by atoms with E-state index in [0.717, 1.165) is 22.6 Å². The van der Waals surface area contributed by atoms with Crippen LogP contribution in [0.2, 0.25) is 0 Å². The highest BCUT2D eigenvalue weighted by Gasteiger charge is 2.53. The van der Waals surface area contributed by atoms with E-state index >= 15 is 0 Å². The molecule has 6 aliphatic rings. The molecule has 4 fully saturated rings. The number of fused-ring (bicyclic) bond motifs is 2. The number of allylic oxidation sites excluding steroid dienone is 3. The van der Waals surface area contributed by atoms with Crippen LogP contribution in [-0.4, -0.2) is 275 Å². The minimum absolute atomic E-state index is 0.0110. The fraction of sp³-hybridized carbons (Fsp3) is 0.582. The summed E-state index contributed by atoms with van der Waals surface area (Å²) in [6.45, 7) is 14.5. The van der Waals surface area contributed by atoms with Crippen molar-refractivity contribution >= 4 is 120 Å². The first-order valence-corrected chi connectivity index (χ1v) is 47.5. The molecule has 2 aliphatic carbocycles. The van der Waals surface area contributed by atoms with Crippen LogP contribution in [0.1, 0.15) is 158 Å². The molecule has 4 aliphatic heterocycles. The fourth-order valence-electron chi connectivity index (χ4n) is 16.3. The smallest absolute Gasteiger partial charge is 0.410 e. The third-order valence-electron chi connectivity index (χ3n) is 23.2. The number of rotatable bonds is 44. The van der Waals surface area contributed by atoms with Gasteiger partial charge in [0.2, 0.25) is 29.0 Å². The van der Waals surface area contributed by atoms with Gasteiger partial charge in [0.15, 0.2) is 47.5 Å². The van der Waals surface area contributed by atoms with Crippen LogP contribution in [0.25, 0.3) is 0 Å². The van der Waals surface area contributed by atoms with Crippen molar-refractivity contribution < 1.29 is 140 Å². The molecule has 36 nitrogen and oxygen atoms in total. The minimum atomic E-state index is -2.22. The van der Waals surface area contributed by atoms with Crippen molar-refractivity contribution in [2.24, 2.45) is 29.2 Å². The predicted octanol–water partition coefficient (Wildman–Crippen LogP) is 7.22. The zero-order valence-electron chi connectivity index (χ0n) is 75.4. The van der Waals surface area contributed by atoms with Crippen molar-refractivity contribution in [2.45, 2.75) is 266 Å². The molecule has 3 aromatic carbocycles. The van der Waals surface area contributed by atoms with Gasteiger partial charge in [-0.1, -0.05) is 108 Å². The number of aliphatic hydroxyl groups excluding tert-OH is 4. The van der Waals surface area contributed by atoms with E-state index < -0.39 is 198 Å². The number of nitrogens with one attached hydrogen (secondary N) is 4. The highest BCUT2D eigenvalue weighted by Crippen LogP contribution is 2.50. The van der Waals surface area contributed by atoms with E-state index in [2.05, 4.69) is 45.1 Å². The zero-order valence-corrected chi connectivity index (χ0v) is 80.0. The topological polar surface area (TPSA) is 515 Å². The number of aliphatic hydroxyl groups is 5. The van der Waals surface area contributed by atoms with E-state index in [1.165, 1.54) is 76.2 Å². The quantitative estimate of drug-likeness (QED) is 0.00873. The molecule has 9 rings (SSSR count). The van der Waals surface area contributed by atoms with Crippen LogP contribution in [0.15, 0.2) is 88.4 Å². The molecule has 0 radical (unpaired) electrons. The number of anilines is 1. The number of carboxylic acids is 1. The normalized spacial score (nSPS) is 27.8. The Morgan fingerprint density at radius 2 is 1.48 bits per heavy atom. The van der Waals surface area contributed by atoms with Crippen LogP contribution < -0.4 is 47.1 Å². The monoisotopic (exact) mass is 2000 g/mol. The highest BCUT2D eigenvalue weighted by atomic mass is 127. The van der Waals surface area contributed by atoms with Crippen molar-refractivity contribution in [3.8, 4) is 40.9 Å². The SMILES string of the molecule is CCN(C(=O)OCc1ccc(NC(=O)[C@H](CCCNC(N)=O)CC(=O)[C@@H](NC(=O)[C@H](CCCCN)CC(C)=O)C(C)C)cc1)[C@H]1CO[C@@H](O[C@H]2[C@H](O[C@H]3C#C/C=C\C#C[C@]4(O)CC(=O)C(CC(C)=O)=C3/C4=C\CSSc3ccccc3C(=O)O)O[C@H](C)[C@@H](NO[C@H]3C[C@H](O)[C@H](SC(=O)c4c(C)c(I)c(O[C@@H]5O[C@@H](C)[C@H](O)[C@@H](OC)[C@H]5O)c(OC)c4OC)[C@@H](C)O3)[C@@H]2O)C[C@@H]1OC. The van der Waals surface area contributed by atoms with Crippen molar-refractivity contribution in [1.82, 2.24) is 21.0 Å². The molecule has 0 unspecified atom stereocenters. The number of hydrogen-bond acceptors (Lipinski definition) is 33. The average Bonchev–Trinajstić information content (AvgIpc) is 0.753. The van der Waals surface area contributed by atoms with Gasteiger partial charge < -0.3 is 125 Å². The van der Waals surface area contributed by atoms with Crippen LogP contribution in [0.3, 0.4) is 0 Å². The molecule has 131 heavy (non-hydrogen) atoms. The van der Waals surface area contributed by atoms with Gasteiger partial charge >= 0.3 is 18.1 Å². The van der Waals surface area contributed by atoms with Crippen LogP contribution in [0, 0.1) is 51.9 Å². The third-order valence-corrected chi connectivity index (χ3v) is 28.1. The number of nitrogens with two attached hydrogens (primary N) is 2.